The summed E-state index contributed by atoms with van der Waals surface area (Å²) in [5, 5.41) is 2.71. The maximum atomic E-state index is 11.4. The van der Waals surface area contributed by atoms with Crippen LogP contribution in [-0.2, 0) is 4.79 Å². The number of carbonyl (C=O) groups is 1. The van der Waals surface area contributed by atoms with Crippen molar-refractivity contribution in [2.24, 2.45) is 5.73 Å². The number of nitrogens with two attached hydrogens (primary N) is 1. The minimum atomic E-state index is -0.166. The lowest BCUT2D eigenvalue weighted by Crippen LogP contribution is -2.40. The van der Waals surface area contributed by atoms with Crippen molar-refractivity contribution in [2.75, 3.05) is 13.2 Å². The van der Waals surface area contributed by atoms with E-state index in [-0.39, 0.29) is 18.6 Å². The number of hydrogen-bond donors (Lipinski definition) is 2. The van der Waals surface area contributed by atoms with Crippen LogP contribution in [0.1, 0.15) is 6.92 Å². The van der Waals surface area contributed by atoms with E-state index in [1.165, 1.54) is 0 Å². The van der Waals surface area contributed by atoms with Crippen LogP contribution in [0, 0.1) is 0 Å². The number of hydrogen-bond acceptors (Lipinski definition) is 3. The predicted octanol–water partition coefficient (Wildman–Crippen LogP) is 1.29. The molecular weight excluding hydrogens is 272 g/mol. The number of nitrogens with one attached hydrogen (secondary N) is 1. The second-order valence-electron chi connectivity index (χ2n) is 3.45. The van der Waals surface area contributed by atoms with Gasteiger partial charge in [-0.1, -0.05) is 15.9 Å². The lowest BCUT2D eigenvalue weighted by atomic mass is 10.3. The standard InChI is InChI=1S/C11H15BrN2O2/c1-8(6-13)14-11(15)7-16-10-4-2-9(12)3-5-10/h2-5,8H,6-7,13H2,1H3,(H,14,15)/t8-/m0/s1. The highest BCUT2D eigenvalue weighted by molar-refractivity contribution is 9.10. The number of amides is 1. The Morgan fingerprint density at radius 2 is 2.12 bits per heavy atom. The molecule has 0 unspecified atom stereocenters. The summed E-state index contributed by atoms with van der Waals surface area (Å²) in [6, 6.07) is 7.28. The Labute approximate surface area is 103 Å². The van der Waals surface area contributed by atoms with Gasteiger partial charge in [0.15, 0.2) is 6.61 Å². The van der Waals surface area contributed by atoms with Crippen LogP contribution in [0.15, 0.2) is 28.7 Å². The van der Waals surface area contributed by atoms with Gasteiger partial charge in [-0.25, -0.2) is 0 Å². The molecule has 0 aliphatic rings. The quantitative estimate of drug-likeness (QED) is 0.857. The summed E-state index contributed by atoms with van der Waals surface area (Å²) in [4.78, 5) is 11.4. The summed E-state index contributed by atoms with van der Waals surface area (Å²) in [5.74, 6) is 0.500. The van der Waals surface area contributed by atoms with E-state index in [0.717, 1.165) is 4.47 Å². The number of halogens is 1. The molecule has 5 heteroatoms. The molecule has 16 heavy (non-hydrogen) atoms. The molecule has 0 radical (unpaired) electrons. The third-order valence-corrected chi connectivity index (χ3v) is 2.47. The van der Waals surface area contributed by atoms with Gasteiger partial charge in [-0.05, 0) is 31.2 Å². The van der Waals surface area contributed by atoms with E-state index in [2.05, 4.69) is 21.2 Å². The molecule has 0 saturated heterocycles. The van der Waals surface area contributed by atoms with E-state index in [9.17, 15) is 4.79 Å². The van der Waals surface area contributed by atoms with Crippen molar-refractivity contribution in [3.05, 3.63) is 28.7 Å². The summed E-state index contributed by atoms with van der Waals surface area (Å²) in [5.41, 5.74) is 5.38. The van der Waals surface area contributed by atoms with Crippen molar-refractivity contribution in [1.29, 1.82) is 0 Å². The van der Waals surface area contributed by atoms with E-state index >= 15 is 0 Å². The van der Waals surface area contributed by atoms with Gasteiger partial charge < -0.3 is 15.8 Å². The van der Waals surface area contributed by atoms with Crippen LogP contribution in [0.4, 0.5) is 0 Å². The van der Waals surface area contributed by atoms with E-state index < -0.39 is 0 Å². The van der Waals surface area contributed by atoms with Crippen molar-refractivity contribution >= 4 is 21.8 Å². The van der Waals surface area contributed by atoms with Gasteiger partial charge in [0.2, 0.25) is 0 Å². The van der Waals surface area contributed by atoms with Crippen molar-refractivity contribution in [2.45, 2.75) is 13.0 Å². The minimum absolute atomic E-state index is 0.00592. The van der Waals surface area contributed by atoms with Crippen LogP contribution in [0.2, 0.25) is 0 Å². The van der Waals surface area contributed by atoms with Crippen molar-refractivity contribution in [1.82, 2.24) is 5.32 Å². The Kier molecular flexibility index (Phi) is 5.28. The predicted molar refractivity (Wildman–Crippen MR) is 66.3 cm³/mol. The summed E-state index contributed by atoms with van der Waals surface area (Å²) in [6.45, 7) is 2.27. The SMILES string of the molecule is C[C@@H](CN)NC(=O)COc1ccc(Br)cc1. The van der Waals surface area contributed by atoms with Crippen molar-refractivity contribution < 1.29 is 9.53 Å². The molecule has 88 valence electrons. The van der Waals surface area contributed by atoms with Gasteiger partial charge in [0, 0.05) is 17.1 Å². The van der Waals surface area contributed by atoms with Crippen LogP contribution in [0.25, 0.3) is 0 Å². The molecule has 0 aromatic heterocycles. The van der Waals surface area contributed by atoms with E-state index in [0.29, 0.717) is 12.3 Å². The highest BCUT2D eigenvalue weighted by atomic mass is 79.9. The molecule has 0 spiro atoms. The fourth-order valence-electron chi connectivity index (χ4n) is 1.06. The normalized spacial score (nSPS) is 11.9. The van der Waals surface area contributed by atoms with E-state index in [4.69, 9.17) is 10.5 Å². The number of rotatable bonds is 5. The molecule has 0 aliphatic heterocycles. The molecule has 1 rings (SSSR count). The van der Waals surface area contributed by atoms with Crippen LogP contribution in [0.3, 0.4) is 0 Å². The number of benzene rings is 1. The summed E-state index contributed by atoms with van der Waals surface area (Å²) in [6.07, 6.45) is 0. The monoisotopic (exact) mass is 286 g/mol. The highest BCUT2D eigenvalue weighted by Gasteiger charge is 2.06. The van der Waals surface area contributed by atoms with Crippen LogP contribution in [0.5, 0.6) is 5.75 Å². The second-order valence-corrected chi connectivity index (χ2v) is 4.36. The van der Waals surface area contributed by atoms with Gasteiger partial charge >= 0.3 is 0 Å². The summed E-state index contributed by atoms with van der Waals surface area (Å²) < 4.78 is 6.27. The van der Waals surface area contributed by atoms with E-state index in [1.54, 1.807) is 12.1 Å². The Hall–Kier alpha value is -1.07. The zero-order chi connectivity index (χ0) is 12.0. The minimum Gasteiger partial charge on any atom is -0.484 e. The van der Waals surface area contributed by atoms with Gasteiger partial charge in [0.05, 0.1) is 0 Å². The Morgan fingerprint density at radius 3 is 2.69 bits per heavy atom. The van der Waals surface area contributed by atoms with Crippen molar-refractivity contribution in [3.8, 4) is 5.75 Å². The third-order valence-electron chi connectivity index (χ3n) is 1.94. The molecule has 1 aromatic carbocycles. The lowest BCUT2D eigenvalue weighted by Gasteiger charge is -2.11. The number of carbonyl (C=O) groups excluding carboxylic acids is 1. The maximum Gasteiger partial charge on any atom is 0.258 e. The number of ether oxygens (including phenoxy) is 1. The Morgan fingerprint density at radius 1 is 1.50 bits per heavy atom. The molecule has 0 fully saturated rings. The fraction of sp³-hybridized carbons (Fsp3) is 0.364. The van der Waals surface area contributed by atoms with Gasteiger partial charge in [-0.15, -0.1) is 0 Å². The average Bonchev–Trinajstić information content (AvgIpc) is 2.28. The van der Waals surface area contributed by atoms with Gasteiger partial charge in [-0.3, -0.25) is 4.79 Å². The molecule has 0 bridgehead atoms. The topological polar surface area (TPSA) is 64.3 Å². The fourth-order valence-corrected chi connectivity index (χ4v) is 1.32. The molecule has 0 aliphatic carbocycles. The van der Waals surface area contributed by atoms with Crippen LogP contribution < -0.4 is 15.8 Å². The lowest BCUT2D eigenvalue weighted by molar-refractivity contribution is -0.123. The summed E-state index contributed by atoms with van der Waals surface area (Å²) in [7, 11) is 0. The molecule has 0 heterocycles. The highest BCUT2D eigenvalue weighted by Crippen LogP contribution is 2.15. The third kappa shape index (κ3) is 4.63. The first-order valence-corrected chi connectivity index (χ1v) is 5.79. The maximum absolute atomic E-state index is 11.4. The zero-order valence-corrected chi connectivity index (χ0v) is 10.7. The zero-order valence-electron chi connectivity index (χ0n) is 9.07. The molecule has 0 saturated carbocycles. The first kappa shape index (κ1) is 13.0. The molecule has 4 nitrogen and oxygen atoms in total. The molecule has 1 atom stereocenters. The van der Waals surface area contributed by atoms with Crippen LogP contribution in [-0.4, -0.2) is 25.1 Å². The Bertz CT molecular complexity index is 340. The average molecular weight is 287 g/mol. The van der Waals surface area contributed by atoms with Crippen molar-refractivity contribution in [3.63, 3.8) is 0 Å². The van der Waals surface area contributed by atoms with Crippen LogP contribution >= 0.6 is 15.9 Å². The molecule has 1 aromatic rings. The molecular formula is C11H15BrN2O2. The van der Waals surface area contributed by atoms with E-state index in [1.807, 2.05) is 19.1 Å². The van der Waals surface area contributed by atoms with Gasteiger partial charge in [0.25, 0.3) is 5.91 Å². The van der Waals surface area contributed by atoms with Gasteiger partial charge in [0.1, 0.15) is 5.75 Å². The second kappa shape index (κ2) is 6.50. The molecule has 3 N–H and O–H groups in total. The smallest absolute Gasteiger partial charge is 0.258 e. The van der Waals surface area contributed by atoms with Gasteiger partial charge in [-0.2, -0.15) is 0 Å². The first-order chi connectivity index (χ1) is 7.61. The Balaban J connectivity index is 2.34. The largest absolute Gasteiger partial charge is 0.484 e. The molecule has 1 amide bonds. The summed E-state index contributed by atoms with van der Waals surface area (Å²) >= 11 is 3.32. The first-order valence-electron chi connectivity index (χ1n) is 4.99.